The molecule has 2 aliphatic rings. The Morgan fingerprint density at radius 3 is 2.20 bits per heavy atom. The molecule has 6 rings (SSSR count). The van der Waals surface area contributed by atoms with Crippen LogP contribution >= 0.6 is 0 Å². The smallest absolute Gasteiger partial charge is 0.309 e. The Hall–Kier alpha value is -3.86. The Morgan fingerprint density at radius 2 is 1.54 bits per heavy atom. The molecule has 4 aromatic rings. The van der Waals surface area contributed by atoms with Crippen molar-refractivity contribution < 1.29 is 14.2 Å². The zero-order valence-corrected chi connectivity index (χ0v) is 24.6. The topological polar surface area (TPSA) is 42.6 Å². The maximum Gasteiger partial charge on any atom is 0.309 e. The van der Waals surface area contributed by atoms with Gasteiger partial charge >= 0.3 is 7.48 Å². The number of allylic oxidation sites excluding steroid dienone is 5. The molecule has 0 radical (unpaired) electrons. The number of aliphatic hydroxyl groups is 1. The number of rotatable bonds is 6. The highest BCUT2D eigenvalue weighted by molar-refractivity contribution is 6.41. The summed E-state index contributed by atoms with van der Waals surface area (Å²) in [6.07, 6.45) is 11.1. The van der Waals surface area contributed by atoms with E-state index in [4.69, 9.17) is 9.07 Å². The van der Waals surface area contributed by atoms with E-state index in [1.54, 1.807) is 13.8 Å². The highest BCUT2D eigenvalue weighted by Gasteiger charge is 2.36. The van der Waals surface area contributed by atoms with Crippen molar-refractivity contribution in [2.24, 2.45) is 0 Å². The first kappa shape index (κ1) is 27.3. The maximum atomic E-state index is 10.5. The molecule has 2 unspecified atom stereocenters. The van der Waals surface area contributed by atoms with Crippen LogP contribution in [0.15, 0.2) is 101 Å². The van der Waals surface area contributed by atoms with Crippen LogP contribution in [0, 0.1) is 0 Å². The molecule has 1 aromatic heterocycles. The second-order valence-electron chi connectivity index (χ2n) is 12.2. The van der Waals surface area contributed by atoms with Gasteiger partial charge in [-0.05, 0) is 68.5 Å². The van der Waals surface area contributed by atoms with Gasteiger partial charge in [0.05, 0.1) is 11.2 Å². The molecule has 2 atom stereocenters. The number of fused-ring (bicyclic) bond motifs is 7. The van der Waals surface area contributed by atoms with E-state index < -0.39 is 11.2 Å². The molecule has 0 fully saturated rings. The summed E-state index contributed by atoms with van der Waals surface area (Å²) in [6, 6.07) is 24.0. The molecule has 2 aliphatic carbocycles. The molecular formula is C37H37BO3. The lowest BCUT2D eigenvalue weighted by Gasteiger charge is -2.37. The molecule has 3 aromatic carbocycles. The third kappa shape index (κ3) is 4.75. The fourth-order valence-corrected chi connectivity index (χ4v) is 5.97. The monoisotopic (exact) mass is 540 g/mol. The number of hydrogen-bond acceptors (Lipinski definition) is 3. The van der Waals surface area contributed by atoms with Crippen molar-refractivity contribution in [3.63, 3.8) is 0 Å². The molecule has 0 bridgehead atoms. The lowest BCUT2D eigenvalue weighted by molar-refractivity contribution is -0.0895. The molecular weight excluding hydrogens is 503 g/mol. The SMILES string of the molecule is C=C(BOC(C)(C)C(C)(C)O)/C=c1/oc2c(C3=CC4c5ccccc5-c5ccccc5C4C=C3)cccc2/c1=C/C. The number of hydrogen-bond donors (Lipinski definition) is 1. The van der Waals surface area contributed by atoms with Crippen molar-refractivity contribution in [1.29, 1.82) is 0 Å². The summed E-state index contributed by atoms with van der Waals surface area (Å²) in [5.41, 5.74) is 8.37. The van der Waals surface area contributed by atoms with Crippen LogP contribution in [0.25, 0.3) is 39.8 Å². The van der Waals surface area contributed by atoms with Crippen LogP contribution in [0.5, 0.6) is 0 Å². The average Bonchev–Trinajstić information content (AvgIpc) is 3.32. The zero-order chi connectivity index (χ0) is 28.9. The van der Waals surface area contributed by atoms with Crippen molar-refractivity contribution in [1.82, 2.24) is 0 Å². The second kappa shape index (κ2) is 10.2. The van der Waals surface area contributed by atoms with Crippen LogP contribution in [0.1, 0.15) is 63.1 Å². The summed E-state index contributed by atoms with van der Waals surface area (Å²) in [4.78, 5) is 0. The van der Waals surface area contributed by atoms with E-state index in [1.165, 1.54) is 27.8 Å². The molecule has 41 heavy (non-hydrogen) atoms. The molecule has 4 heteroatoms. The molecule has 0 saturated heterocycles. The Morgan fingerprint density at radius 1 is 0.902 bits per heavy atom. The fourth-order valence-electron chi connectivity index (χ4n) is 5.97. The first-order chi connectivity index (χ1) is 19.6. The zero-order valence-electron chi connectivity index (χ0n) is 24.6. The molecule has 1 N–H and O–H groups in total. The Bertz CT molecular complexity index is 1850. The third-order valence-electron chi connectivity index (χ3n) is 8.97. The van der Waals surface area contributed by atoms with Crippen LogP contribution in [0.4, 0.5) is 0 Å². The summed E-state index contributed by atoms with van der Waals surface area (Å²) >= 11 is 0. The van der Waals surface area contributed by atoms with Gasteiger partial charge in [-0.1, -0.05) is 96.5 Å². The molecule has 1 heterocycles. The average molecular weight is 541 g/mol. The summed E-state index contributed by atoms with van der Waals surface area (Å²) in [7, 11) is 0.294. The molecule has 3 nitrogen and oxygen atoms in total. The standard InChI is InChI=1S/C37H37BO3/c1-7-25-32-18-12-17-26(35(32)40-34(25)21-23(2)38-41-37(5,6)36(3,4)39)24-19-20-31-29-15-9-8-13-27(29)28-14-10-11-16-30(28)33(31)22-24/h7-22,31,33,38-39H,2H2,1,3-6H3/b25-7-,34-21+. The van der Waals surface area contributed by atoms with Crippen molar-refractivity contribution in [2.45, 2.75) is 57.7 Å². The number of para-hydroxylation sites is 1. The predicted molar refractivity (Wildman–Crippen MR) is 172 cm³/mol. The Balaban J connectivity index is 1.40. The van der Waals surface area contributed by atoms with E-state index in [-0.39, 0.29) is 5.92 Å². The van der Waals surface area contributed by atoms with Gasteiger partial charge in [-0.25, -0.2) is 0 Å². The first-order valence-corrected chi connectivity index (χ1v) is 14.4. The lowest BCUT2D eigenvalue weighted by Crippen LogP contribution is -2.48. The minimum Gasteiger partial charge on any atom is -0.455 e. The minimum absolute atomic E-state index is 0.255. The van der Waals surface area contributed by atoms with Gasteiger partial charge in [-0.15, -0.1) is 6.58 Å². The summed E-state index contributed by atoms with van der Waals surface area (Å²) in [5.74, 6) is 0.561. The largest absolute Gasteiger partial charge is 0.455 e. The van der Waals surface area contributed by atoms with E-state index >= 15 is 0 Å². The fraction of sp³-hybridized carbons (Fsp3) is 0.243. The van der Waals surface area contributed by atoms with Crippen molar-refractivity contribution >= 4 is 36.2 Å². The van der Waals surface area contributed by atoms with Gasteiger partial charge in [0, 0.05) is 28.0 Å². The van der Waals surface area contributed by atoms with Crippen molar-refractivity contribution in [3.05, 3.63) is 124 Å². The van der Waals surface area contributed by atoms with Gasteiger partial charge in [0.2, 0.25) is 0 Å². The normalized spacial score (nSPS) is 19.0. The number of furan rings is 1. The molecule has 0 saturated carbocycles. The highest BCUT2D eigenvalue weighted by Crippen LogP contribution is 2.51. The van der Waals surface area contributed by atoms with Crippen LogP contribution in [-0.4, -0.2) is 23.8 Å². The van der Waals surface area contributed by atoms with Gasteiger partial charge in [-0.3, -0.25) is 0 Å². The second-order valence-corrected chi connectivity index (χ2v) is 12.2. The van der Waals surface area contributed by atoms with Gasteiger partial charge in [0.25, 0.3) is 0 Å². The van der Waals surface area contributed by atoms with Crippen LogP contribution in [-0.2, 0) is 4.65 Å². The summed E-state index contributed by atoms with van der Waals surface area (Å²) in [6.45, 7) is 13.5. The molecule has 0 aliphatic heterocycles. The van der Waals surface area contributed by atoms with Gasteiger partial charge in [-0.2, -0.15) is 0 Å². The van der Waals surface area contributed by atoms with E-state index in [0.29, 0.717) is 13.4 Å². The molecule has 206 valence electrons. The maximum absolute atomic E-state index is 10.5. The van der Waals surface area contributed by atoms with E-state index in [9.17, 15) is 5.11 Å². The van der Waals surface area contributed by atoms with E-state index in [1.807, 2.05) is 26.8 Å². The Kier molecular flexibility index (Phi) is 6.80. The summed E-state index contributed by atoms with van der Waals surface area (Å²) in [5, 5.41) is 12.6. The number of benzene rings is 3. The molecule has 0 amide bonds. The van der Waals surface area contributed by atoms with Crippen LogP contribution < -0.4 is 10.6 Å². The van der Waals surface area contributed by atoms with Crippen molar-refractivity contribution in [2.75, 3.05) is 0 Å². The van der Waals surface area contributed by atoms with Crippen LogP contribution in [0.2, 0.25) is 0 Å². The first-order valence-electron chi connectivity index (χ1n) is 14.4. The molecule has 0 spiro atoms. The third-order valence-corrected chi connectivity index (χ3v) is 8.97. The van der Waals surface area contributed by atoms with Gasteiger partial charge < -0.3 is 14.2 Å². The van der Waals surface area contributed by atoms with E-state index in [0.717, 1.165) is 32.6 Å². The summed E-state index contributed by atoms with van der Waals surface area (Å²) < 4.78 is 12.6. The van der Waals surface area contributed by atoms with Gasteiger partial charge in [0.1, 0.15) is 11.0 Å². The minimum atomic E-state index is -0.981. The van der Waals surface area contributed by atoms with Gasteiger partial charge in [0.15, 0.2) is 0 Å². The van der Waals surface area contributed by atoms with E-state index in [2.05, 4.69) is 97.6 Å². The lowest BCUT2D eigenvalue weighted by atomic mass is 9.69. The highest BCUT2D eigenvalue weighted by atomic mass is 16.5. The van der Waals surface area contributed by atoms with Crippen molar-refractivity contribution in [3.8, 4) is 11.1 Å². The quantitative estimate of drug-likeness (QED) is 0.269. The van der Waals surface area contributed by atoms with Crippen LogP contribution in [0.3, 0.4) is 0 Å². The predicted octanol–water partition coefficient (Wildman–Crippen LogP) is 6.95. The Labute approximate surface area is 243 Å².